The Bertz CT molecular complexity index is 1410. The molecule has 0 atom stereocenters. The second kappa shape index (κ2) is 10.5. The molecule has 35 heavy (non-hydrogen) atoms. The van der Waals surface area contributed by atoms with E-state index in [-0.39, 0.29) is 11.0 Å². The van der Waals surface area contributed by atoms with Crippen LogP contribution >= 0.6 is 11.6 Å². The van der Waals surface area contributed by atoms with Crippen LogP contribution < -0.4 is 25.4 Å². The van der Waals surface area contributed by atoms with Crippen LogP contribution in [-0.4, -0.2) is 31.8 Å². The van der Waals surface area contributed by atoms with Gasteiger partial charge in [0.15, 0.2) is 5.82 Å². The van der Waals surface area contributed by atoms with Crippen molar-refractivity contribution < 1.29 is 17.6 Å². The van der Waals surface area contributed by atoms with Crippen LogP contribution in [0.4, 0.5) is 34.5 Å². The predicted octanol–water partition coefficient (Wildman–Crippen LogP) is 5.20. The molecular formula is C23H23ClN6O4S. The molecular weight excluding hydrogens is 492 g/mol. The van der Waals surface area contributed by atoms with E-state index in [2.05, 4.69) is 30.6 Å². The van der Waals surface area contributed by atoms with Gasteiger partial charge in [0.25, 0.3) is 0 Å². The van der Waals surface area contributed by atoms with Crippen molar-refractivity contribution in [2.45, 2.75) is 6.54 Å². The third-order valence-electron chi connectivity index (χ3n) is 4.71. The number of methoxy groups -OCH3 is 1. The molecule has 0 aliphatic rings. The topological polar surface area (TPSA) is 130 Å². The number of ether oxygens (including phenoxy) is 1. The number of sulfonamides is 1. The summed E-state index contributed by atoms with van der Waals surface area (Å²) in [5, 5.41) is 9.71. The lowest BCUT2D eigenvalue weighted by Crippen LogP contribution is -2.11. The number of nitrogens with one attached hydrogen (secondary N) is 4. The summed E-state index contributed by atoms with van der Waals surface area (Å²) >= 11 is 6.30. The quantitative estimate of drug-likeness (QED) is 0.225. The highest BCUT2D eigenvalue weighted by molar-refractivity contribution is 7.92. The van der Waals surface area contributed by atoms with Gasteiger partial charge in [-0.3, -0.25) is 4.72 Å². The van der Waals surface area contributed by atoms with Gasteiger partial charge in [-0.2, -0.15) is 4.98 Å². The van der Waals surface area contributed by atoms with Crippen molar-refractivity contribution in [3.8, 4) is 5.75 Å². The molecule has 2 heterocycles. The zero-order valence-electron chi connectivity index (χ0n) is 18.9. The van der Waals surface area contributed by atoms with Gasteiger partial charge in [0, 0.05) is 11.8 Å². The molecule has 4 aromatic rings. The van der Waals surface area contributed by atoms with Crippen LogP contribution in [0, 0.1) is 0 Å². The van der Waals surface area contributed by atoms with E-state index < -0.39 is 10.0 Å². The van der Waals surface area contributed by atoms with Gasteiger partial charge in [-0.05, 0) is 36.4 Å². The molecule has 4 N–H and O–H groups in total. The maximum absolute atomic E-state index is 11.7. The van der Waals surface area contributed by atoms with E-state index in [0.29, 0.717) is 35.2 Å². The second-order valence-corrected chi connectivity index (χ2v) is 9.56. The maximum atomic E-state index is 11.7. The van der Waals surface area contributed by atoms with Crippen molar-refractivity contribution in [3.05, 3.63) is 77.8 Å². The number of anilines is 6. The van der Waals surface area contributed by atoms with Crippen LogP contribution in [0.3, 0.4) is 0 Å². The number of benzene rings is 2. The Morgan fingerprint density at radius 2 is 1.83 bits per heavy atom. The van der Waals surface area contributed by atoms with Crippen molar-refractivity contribution in [1.82, 2.24) is 9.97 Å². The molecule has 0 bridgehead atoms. The summed E-state index contributed by atoms with van der Waals surface area (Å²) in [5.41, 5.74) is 2.33. The summed E-state index contributed by atoms with van der Waals surface area (Å²) in [6.45, 7) is 0.536. The molecule has 0 saturated heterocycles. The molecule has 0 aliphatic heterocycles. The molecule has 0 unspecified atom stereocenters. The van der Waals surface area contributed by atoms with Crippen LogP contribution in [0.1, 0.15) is 5.76 Å². The molecule has 10 nitrogen and oxygen atoms in total. The number of rotatable bonds is 10. The molecule has 0 saturated carbocycles. The van der Waals surface area contributed by atoms with Crippen molar-refractivity contribution in [1.29, 1.82) is 0 Å². The van der Waals surface area contributed by atoms with Crippen molar-refractivity contribution in [2.24, 2.45) is 0 Å². The third-order valence-corrected chi connectivity index (χ3v) is 5.58. The SMILES string of the molecule is COc1cc(NCc2ccco2)ccc1Nc1ncc(Cl)c(Nc2ccccc2NS(C)(=O)=O)n1. The minimum Gasteiger partial charge on any atom is -0.494 e. The molecule has 0 spiro atoms. The molecule has 2 aromatic heterocycles. The fourth-order valence-electron chi connectivity index (χ4n) is 3.15. The van der Waals surface area contributed by atoms with E-state index in [1.54, 1.807) is 37.6 Å². The second-order valence-electron chi connectivity index (χ2n) is 7.41. The lowest BCUT2D eigenvalue weighted by Gasteiger charge is -2.15. The number of hydrogen-bond acceptors (Lipinski definition) is 9. The molecule has 0 aliphatic carbocycles. The smallest absolute Gasteiger partial charge is 0.229 e. The monoisotopic (exact) mass is 514 g/mol. The molecule has 0 amide bonds. The molecule has 0 radical (unpaired) electrons. The van der Waals surface area contributed by atoms with Crippen molar-refractivity contribution in [3.63, 3.8) is 0 Å². The Hall–Kier alpha value is -3.96. The van der Waals surface area contributed by atoms with Crippen molar-refractivity contribution in [2.75, 3.05) is 34.0 Å². The Kier molecular flexibility index (Phi) is 7.28. The lowest BCUT2D eigenvalue weighted by atomic mass is 10.2. The van der Waals surface area contributed by atoms with Crippen LogP contribution in [0.15, 0.2) is 71.5 Å². The van der Waals surface area contributed by atoms with E-state index in [9.17, 15) is 8.42 Å². The van der Waals surface area contributed by atoms with E-state index in [1.807, 2.05) is 30.3 Å². The van der Waals surface area contributed by atoms with Gasteiger partial charge < -0.3 is 25.1 Å². The third kappa shape index (κ3) is 6.55. The molecule has 182 valence electrons. The fourth-order valence-corrected chi connectivity index (χ4v) is 3.87. The first-order valence-electron chi connectivity index (χ1n) is 10.4. The molecule has 4 rings (SSSR count). The van der Waals surface area contributed by atoms with Crippen LogP contribution in [0.5, 0.6) is 5.75 Å². The van der Waals surface area contributed by atoms with Gasteiger partial charge in [0.2, 0.25) is 16.0 Å². The molecule has 0 fully saturated rings. The molecule has 12 heteroatoms. The van der Waals surface area contributed by atoms with Gasteiger partial charge in [-0.25, -0.2) is 13.4 Å². The number of para-hydroxylation sites is 2. The van der Waals surface area contributed by atoms with Gasteiger partial charge >= 0.3 is 0 Å². The first kappa shape index (κ1) is 24.2. The van der Waals surface area contributed by atoms with E-state index in [0.717, 1.165) is 17.7 Å². The normalized spacial score (nSPS) is 11.1. The van der Waals surface area contributed by atoms with E-state index >= 15 is 0 Å². The fraction of sp³-hybridized carbons (Fsp3) is 0.130. The van der Waals surface area contributed by atoms with Crippen molar-refractivity contribution >= 4 is 56.1 Å². The lowest BCUT2D eigenvalue weighted by molar-refractivity contribution is 0.417. The first-order valence-corrected chi connectivity index (χ1v) is 12.7. The summed E-state index contributed by atoms with van der Waals surface area (Å²) < 4.78 is 36.7. The number of aromatic nitrogens is 2. The maximum Gasteiger partial charge on any atom is 0.229 e. The Morgan fingerprint density at radius 1 is 1.03 bits per heavy atom. The first-order chi connectivity index (χ1) is 16.8. The number of hydrogen-bond donors (Lipinski definition) is 4. The highest BCUT2D eigenvalue weighted by Gasteiger charge is 2.13. The average molecular weight is 515 g/mol. The Balaban J connectivity index is 1.52. The average Bonchev–Trinajstić information content (AvgIpc) is 3.34. The van der Waals surface area contributed by atoms with Gasteiger partial charge in [0.05, 0.1) is 49.4 Å². The largest absolute Gasteiger partial charge is 0.494 e. The van der Waals surface area contributed by atoms with E-state index in [1.165, 1.54) is 6.20 Å². The summed E-state index contributed by atoms with van der Waals surface area (Å²) in [5.74, 6) is 1.95. The van der Waals surface area contributed by atoms with Crippen LogP contribution in [-0.2, 0) is 16.6 Å². The molecule has 2 aromatic carbocycles. The van der Waals surface area contributed by atoms with Gasteiger partial charge in [-0.15, -0.1) is 0 Å². The minimum absolute atomic E-state index is 0.258. The van der Waals surface area contributed by atoms with Gasteiger partial charge in [0.1, 0.15) is 16.5 Å². The summed E-state index contributed by atoms with van der Waals surface area (Å²) in [6, 6.07) is 16.1. The van der Waals surface area contributed by atoms with Crippen LogP contribution in [0.2, 0.25) is 5.02 Å². The highest BCUT2D eigenvalue weighted by atomic mass is 35.5. The summed E-state index contributed by atoms with van der Waals surface area (Å²) in [7, 11) is -1.90. The Morgan fingerprint density at radius 3 is 2.54 bits per heavy atom. The predicted molar refractivity (Wildman–Crippen MR) is 138 cm³/mol. The van der Waals surface area contributed by atoms with Crippen LogP contribution in [0.25, 0.3) is 0 Å². The van der Waals surface area contributed by atoms with Gasteiger partial charge in [-0.1, -0.05) is 23.7 Å². The minimum atomic E-state index is -3.47. The number of halogens is 1. The highest BCUT2D eigenvalue weighted by Crippen LogP contribution is 2.32. The summed E-state index contributed by atoms with van der Waals surface area (Å²) in [4.78, 5) is 8.68. The number of nitrogens with zero attached hydrogens (tertiary/aromatic N) is 2. The standard InChI is InChI=1S/C23H23ClN6O4S/c1-33-21-12-15(25-13-16-6-5-11-34-16)9-10-20(21)28-23-26-14-17(24)22(29-23)27-18-7-3-4-8-19(18)30-35(2,31)32/h3-12,14,25,30H,13H2,1-2H3,(H2,26,27,28,29). The van der Waals surface area contributed by atoms with E-state index in [4.69, 9.17) is 20.8 Å². The zero-order valence-corrected chi connectivity index (χ0v) is 20.4. The Labute approximate surface area is 207 Å². The summed E-state index contributed by atoms with van der Waals surface area (Å²) in [6.07, 6.45) is 4.15. The number of furan rings is 1. The zero-order chi connectivity index (χ0) is 24.8.